The van der Waals surface area contributed by atoms with Gasteiger partial charge in [0.05, 0.1) is 43.3 Å². The summed E-state index contributed by atoms with van der Waals surface area (Å²) in [6.45, 7) is 3.18. The number of anilines is 1. The van der Waals surface area contributed by atoms with Crippen molar-refractivity contribution in [3.05, 3.63) is 64.1 Å². The van der Waals surface area contributed by atoms with Gasteiger partial charge in [-0.25, -0.2) is 0 Å². The Hall–Kier alpha value is -2.08. The molecule has 0 unspecified atom stereocenters. The number of amides is 2. The van der Waals surface area contributed by atoms with E-state index in [1.54, 1.807) is 24.3 Å². The molecule has 1 aliphatic heterocycles. The molecule has 0 bridgehead atoms. The van der Waals surface area contributed by atoms with Gasteiger partial charge in [-0.05, 0) is 29.8 Å². The number of piperazine rings is 1. The molecule has 1 fully saturated rings. The monoisotopic (exact) mass is 406 g/mol. The van der Waals surface area contributed by atoms with Crippen molar-refractivity contribution >= 4 is 40.7 Å². The minimum Gasteiger partial charge on any atom is -0.331 e. The number of quaternary nitrogens is 1. The second-order valence-corrected chi connectivity index (χ2v) is 7.48. The molecular formula is C20H22Cl2N3O2+. The molecule has 0 aromatic heterocycles. The fourth-order valence-corrected chi connectivity index (χ4v) is 3.43. The van der Waals surface area contributed by atoms with Gasteiger partial charge in [-0.1, -0.05) is 47.5 Å². The second kappa shape index (κ2) is 9.22. The van der Waals surface area contributed by atoms with Crippen LogP contribution in [0.4, 0.5) is 5.69 Å². The first-order valence-electron chi connectivity index (χ1n) is 8.91. The van der Waals surface area contributed by atoms with E-state index in [0.29, 0.717) is 41.8 Å². The third-order valence-corrected chi connectivity index (χ3v) is 5.23. The third kappa shape index (κ3) is 5.70. The van der Waals surface area contributed by atoms with E-state index in [-0.39, 0.29) is 11.8 Å². The van der Waals surface area contributed by atoms with Crippen molar-refractivity contribution < 1.29 is 14.5 Å². The number of hydrogen-bond donors (Lipinski definition) is 2. The summed E-state index contributed by atoms with van der Waals surface area (Å²) in [5.41, 5.74) is 1.58. The van der Waals surface area contributed by atoms with Gasteiger partial charge in [0.15, 0.2) is 6.54 Å². The van der Waals surface area contributed by atoms with Gasteiger partial charge in [-0.15, -0.1) is 0 Å². The lowest BCUT2D eigenvalue weighted by atomic mass is 10.1. The summed E-state index contributed by atoms with van der Waals surface area (Å²) in [4.78, 5) is 27.7. The minimum absolute atomic E-state index is 0.0703. The lowest BCUT2D eigenvalue weighted by molar-refractivity contribution is -0.895. The van der Waals surface area contributed by atoms with E-state index in [1.807, 2.05) is 29.2 Å². The van der Waals surface area contributed by atoms with Gasteiger partial charge in [0, 0.05) is 5.02 Å². The highest BCUT2D eigenvalue weighted by atomic mass is 35.5. The van der Waals surface area contributed by atoms with Crippen molar-refractivity contribution in [1.82, 2.24) is 4.90 Å². The number of benzene rings is 2. The zero-order chi connectivity index (χ0) is 19.2. The van der Waals surface area contributed by atoms with Gasteiger partial charge < -0.3 is 15.1 Å². The predicted octanol–water partition coefficient (Wildman–Crippen LogP) is 1.90. The largest absolute Gasteiger partial charge is 0.331 e. The molecule has 27 heavy (non-hydrogen) atoms. The van der Waals surface area contributed by atoms with Gasteiger partial charge in [0.25, 0.3) is 5.91 Å². The molecule has 0 spiro atoms. The van der Waals surface area contributed by atoms with Crippen LogP contribution >= 0.6 is 23.2 Å². The summed E-state index contributed by atoms with van der Waals surface area (Å²) in [5, 5.41) is 4.04. The number of para-hydroxylation sites is 1. The maximum absolute atomic E-state index is 12.4. The minimum atomic E-state index is -0.0703. The number of carbonyl (C=O) groups is 2. The van der Waals surface area contributed by atoms with Crippen molar-refractivity contribution in [3.63, 3.8) is 0 Å². The SMILES string of the molecule is O=C(C[NH+]1CCN(C(=O)Cc2ccc(Cl)cc2)CC1)Nc1ccccc1Cl. The first-order chi connectivity index (χ1) is 13.0. The van der Waals surface area contributed by atoms with E-state index in [0.717, 1.165) is 23.6 Å². The van der Waals surface area contributed by atoms with Crippen LogP contribution in [-0.4, -0.2) is 49.4 Å². The molecular weight excluding hydrogens is 385 g/mol. The first kappa shape index (κ1) is 19.7. The molecule has 2 amide bonds. The Labute approximate surface area is 168 Å². The van der Waals surface area contributed by atoms with E-state index in [2.05, 4.69) is 5.32 Å². The number of halogens is 2. The zero-order valence-corrected chi connectivity index (χ0v) is 16.4. The van der Waals surface area contributed by atoms with E-state index in [9.17, 15) is 9.59 Å². The van der Waals surface area contributed by atoms with Gasteiger partial charge in [-0.3, -0.25) is 9.59 Å². The summed E-state index contributed by atoms with van der Waals surface area (Å²) in [6.07, 6.45) is 0.374. The summed E-state index contributed by atoms with van der Waals surface area (Å²) in [6, 6.07) is 14.5. The topological polar surface area (TPSA) is 53.9 Å². The Morgan fingerprint density at radius 2 is 1.67 bits per heavy atom. The Morgan fingerprint density at radius 3 is 2.33 bits per heavy atom. The fraction of sp³-hybridized carbons (Fsp3) is 0.300. The number of hydrogen-bond acceptors (Lipinski definition) is 2. The quantitative estimate of drug-likeness (QED) is 0.796. The van der Waals surface area contributed by atoms with Crippen molar-refractivity contribution in [3.8, 4) is 0 Å². The number of nitrogens with one attached hydrogen (secondary N) is 2. The summed E-state index contributed by atoms with van der Waals surface area (Å²) in [5.74, 6) is 0.0379. The molecule has 0 aliphatic carbocycles. The Kier molecular flexibility index (Phi) is 6.72. The van der Waals surface area contributed by atoms with E-state index in [1.165, 1.54) is 0 Å². The molecule has 3 rings (SSSR count). The maximum Gasteiger partial charge on any atom is 0.279 e. The maximum atomic E-state index is 12.4. The highest BCUT2D eigenvalue weighted by Crippen LogP contribution is 2.19. The summed E-state index contributed by atoms with van der Waals surface area (Å²) in [7, 11) is 0. The summed E-state index contributed by atoms with van der Waals surface area (Å²) >= 11 is 11.9. The lowest BCUT2D eigenvalue weighted by Gasteiger charge is -2.32. The number of rotatable bonds is 5. The highest BCUT2D eigenvalue weighted by molar-refractivity contribution is 6.33. The van der Waals surface area contributed by atoms with Crippen LogP contribution in [0.2, 0.25) is 10.0 Å². The van der Waals surface area contributed by atoms with Crippen LogP contribution in [0.3, 0.4) is 0 Å². The Morgan fingerprint density at radius 1 is 1.00 bits per heavy atom. The van der Waals surface area contributed by atoms with E-state index in [4.69, 9.17) is 23.2 Å². The zero-order valence-electron chi connectivity index (χ0n) is 14.9. The molecule has 1 saturated heterocycles. The van der Waals surface area contributed by atoms with Crippen LogP contribution in [0.5, 0.6) is 0 Å². The van der Waals surface area contributed by atoms with Gasteiger partial charge >= 0.3 is 0 Å². The van der Waals surface area contributed by atoms with Crippen LogP contribution in [0, 0.1) is 0 Å². The molecule has 1 aliphatic rings. The van der Waals surface area contributed by atoms with Crippen LogP contribution in [0.25, 0.3) is 0 Å². The molecule has 7 heteroatoms. The Bertz CT molecular complexity index is 803. The van der Waals surface area contributed by atoms with Crippen molar-refractivity contribution in [2.75, 3.05) is 38.0 Å². The molecule has 2 N–H and O–H groups in total. The van der Waals surface area contributed by atoms with Crippen LogP contribution in [0.1, 0.15) is 5.56 Å². The molecule has 0 atom stereocenters. The Balaban J connectivity index is 1.44. The predicted molar refractivity (Wildman–Crippen MR) is 107 cm³/mol. The van der Waals surface area contributed by atoms with Gasteiger partial charge in [0.1, 0.15) is 0 Å². The van der Waals surface area contributed by atoms with Crippen molar-refractivity contribution in [2.24, 2.45) is 0 Å². The van der Waals surface area contributed by atoms with Crippen molar-refractivity contribution in [2.45, 2.75) is 6.42 Å². The van der Waals surface area contributed by atoms with E-state index >= 15 is 0 Å². The van der Waals surface area contributed by atoms with Crippen LogP contribution in [0.15, 0.2) is 48.5 Å². The third-order valence-electron chi connectivity index (χ3n) is 4.65. The van der Waals surface area contributed by atoms with Gasteiger partial charge in [-0.2, -0.15) is 0 Å². The van der Waals surface area contributed by atoms with Gasteiger partial charge in [0.2, 0.25) is 5.91 Å². The smallest absolute Gasteiger partial charge is 0.279 e. The van der Waals surface area contributed by atoms with E-state index < -0.39 is 0 Å². The standard InChI is InChI=1S/C20H21Cl2N3O2/c21-16-7-5-15(6-8-16)13-20(27)25-11-9-24(10-12-25)14-19(26)23-18-4-2-1-3-17(18)22/h1-8H,9-14H2,(H,23,26)/p+1. The van der Waals surface area contributed by atoms with Crippen LogP contribution < -0.4 is 10.2 Å². The van der Waals surface area contributed by atoms with Crippen molar-refractivity contribution in [1.29, 1.82) is 0 Å². The number of carbonyl (C=O) groups excluding carboxylic acids is 2. The normalized spacial score (nSPS) is 14.8. The number of nitrogens with zero attached hydrogens (tertiary/aromatic N) is 1. The average molecular weight is 407 g/mol. The van der Waals surface area contributed by atoms with Crippen LogP contribution in [-0.2, 0) is 16.0 Å². The molecule has 1 heterocycles. The molecule has 2 aromatic rings. The summed E-state index contributed by atoms with van der Waals surface area (Å²) < 4.78 is 0. The highest BCUT2D eigenvalue weighted by Gasteiger charge is 2.25. The fourth-order valence-electron chi connectivity index (χ4n) is 3.12. The molecule has 5 nitrogen and oxygen atoms in total. The lowest BCUT2D eigenvalue weighted by Crippen LogP contribution is -3.15. The molecule has 2 aromatic carbocycles. The average Bonchev–Trinajstić information content (AvgIpc) is 2.66. The second-order valence-electron chi connectivity index (χ2n) is 6.64. The molecule has 142 valence electrons. The first-order valence-corrected chi connectivity index (χ1v) is 9.67. The molecule has 0 saturated carbocycles. The molecule has 0 radical (unpaired) electrons.